The number of Topliss-reactive ketones (excluding diaryl/α,β-unsaturated/α-hetero) is 1. The number of aldehydes is 1. The number of aromatic hydroxyl groups is 1. The van der Waals surface area contributed by atoms with E-state index in [0.29, 0.717) is 30.3 Å². The molecule has 0 amide bonds. The van der Waals surface area contributed by atoms with Crippen LogP contribution in [0.3, 0.4) is 0 Å². The average Bonchev–Trinajstić information content (AvgIpc) is 3.03. The van der Waals surface area contributed by atoms with E-state index >= 15 is 0 Å². The molecule has 0 unspecified atom stereocenters. The van der Waals surface area contributed by atoms with E-state index in [-0.39, 0.29) is 5.56 Å². The Morgan fingerprint density at radius 3 is 1.63 bits per heavy atom. The van der Waals surface area contributed by atoms with Crippen LogP contribution < -0.4 is 5.32 Å². The highest BCUT2D eigenvalue weighted by Crippen LogP contribution is 2.20. The zero-order chi connectivity index (χ0) is 32.1. The summed E-state index contributed by atoms with van der Waals surface area (Å²) in [7, 11) is 0. The minimum atomic E-state index is -0.931. The zero-order valence-corrected chi connectivity index (χ0v) is 24.9. The Balaban J connectivity index is 0.000000556. The van der Waals surface area contributed by atoms with Crippen molar-refractivity contribution in [3.8, 4) is 5.75 Å². The van der Waals surface area contributed by atoms with Crippen LogP contribution in [0.5, 0.6) is 5.75 Å². The number of hydrogen-bond acceptors (Lipinski definition) is 7. The Morgan fingerprint density at radius 1 is 0.767 bits per heavy atom. The molecule has 3 N–H and O–H groups in total. The Bertz CT molecular complexity index is 1280. The lowest BCUT2D eigenvalue weighted by Crippen LogP contribution is -2.01. The van der Waals surface area contributed by atoms with Crippen LogP contribution in [0.2, 0.25) is 0 Å². The number of benzene rings is 4. The van der Waals surface area contributed by atoms with Gasteiger partial charge in [-0.15, -0.1) is 0 Å². The second kappa shape index (κ2) is 25.7. The first kappa shape index (κ1) is 37.8. The minimum Gasteiger partial charge on any atom is -0.508 e. The molecule has 0 aromatic heterocycles. The normalized spacial score (nSPS) is 8.81. The highest BCUT2D eigenvalue weighted by atomic mass is 16.5. The summed E-state index contributed by atoms with van der Waals surface area (Å²) in [6.45, 7) is 6.39. The Labute approximate surface area is 254 Å². The number of aromatic carboxylic acids is 1. The maximum Gasteiger partial charge on any atom is 0.337 e. The monoisotopic (exact) mass is 587 g/mol. The number of nitrogens with one attached hydrogen (secondary N) is 1. The molecular formula is C35H41NO7. The molecule has 4 aromatic rings. The highest BCUT2D eigenvalue weighted by molar-refractivity contribution is 5.95. The van der Waals surface area contributed by atoms with E-state index in [9.17, 15) is 19.2 Å². The molecule has 4 rings (SSSR count). The van der Waals surface area contributed by atoms with Gasteiger partial charge in [-0.3, -0.25) is 9.59 Å². The van der Waals surface area contributed by atoms with Gasteiger partial charge in [0.05, 0.1) is 17.9 Å². The molecule has 0 spiro atoms. The first-order valence-corrected chi connectivity index (χ1v) is 13.7. The van der Waals surface area contributed by atoms with Gasteiger partial charge in [-0.1, -0.05) is 92.2 Å². The fourth-order valence-electron chi connectivity index (χ4n) is 2.91. The molecule has 0 fully saturated rings. The van der Waals surface area contributed by atoms with Crippen LogP contribution in [0.15, 0.2) is 115 Å². The number of unbranched alkanes of at least 4 members (excludes halogenated alkanes) is 1. The van der Waals surface area contributed by atoms with Crippen molar-refractivity contribution in [2.45, 2.75) is 40.0 Å². The fraction of sp³-hybridized carbons (Fsp3) is 0.200. The van der Waals surface area contributed by atoms with Crippen molar-refractivity contribution in [2.75, 3.05) is 11.9 Å². The molecule has 0 saturated carbocycles. The van der Waals surface area contributed by atoms with Crippen molar-refractivity contribution in [3.63, 3.8) is 0 Å². The predicted molar refractivity (Wildman–Crippen MR) is 171 cm³/mol. The van der Waals surface area contributed by atoms with Crippen molar-refractivity contribution in [1.82, 2.24) is 0 Å². The van der Waals surface area contributed by atoms with Crippen LogP contribution in [-0.4, -0.2) is 41.3 Å². The fourth-order valence-corrected chi connectivity index (χ4v) is 2.91. The summed E-state index contributed by atoms with van der Waals surface area (Å²) in [6.07, 6.45) is 3.77. The van der Waals surface area contributed by atoms with E-state index in [1.165, 1.54) is 0 Å². The highest BCUT2D eigenvalue weighted by Gasteiger charge is 2.08. The van der Waals surface area contributed by atoms with Gasteiger partial charge in [-0.25, -0.2) is 4.79 Å². The van der Waals surface area contributed by atoms with E-state index in [4.69, 9.17) is 10.2 Å². The molecule has 0 atom stereocenters. The zero-order valence-electron chi connectivity index (χ0n) is 24.9. The van der Waals surface area contributed by atoms with Gasteiger partial charge in [-0.05, 0) is 56.7 Å². The lowest BCUT2D eigenvalue weighted by Gasteiger charge is -2.08. The number of carbonyl (C=O) groups excluding carboxylic acids is 3. The molecule has 0 saturated heterocycles. The van der Waals surface area contributed by atoms with Crippen molar-refractivity contribution < 1.29 is 34.1 Å². The van der Waals surface area contributed by atoms with Crippen LogP contribution in [0.4, 0.5) is 11.4 Å². The van der Waals surface area contributed by atoms with Gasteiger partial charge in [0.1, 0.15) is 17.8 Å². The molecule has 0 radical (unpaired) electrons. The number of ketones is 1. The Kier molecular flexibility index (Phi) is 22.6. The van der Waals surface area contributed by atoms with Gasteiger partial charge in [-0.2, -0.15) is 0 Å². The first-order valence-electron chi connectivity index (χ1n) is 13.7. The first-order chi connectivity index (χ1) is 20.8. The summed E-state index contributed by atoms with van der Waals surface area (Å²) in [6, 6.07) is 34.1. The molecule has 0 aliphatic heterocycles. The van der Waals surface area contributed by atoms with E-state index in [0.717, 1.165) is 36.8 Å². The van der Waals surface area contributed by atoms with Crippen molar-refractivity contribution in [1.29, 1.82) is 0 Å². The predicted octanol–water partition coefficient (Wildman–Crippen LogP) is 7.96. The molecule has 228 valence electrons. The molecule has 8 nitrogen and oxygen atoms in total. The maximum absolute atomic E-state index is 11.0. The van der Waals surface area contributed by atoms with Crippen LogP contribution in [0, 0.1) is 0 Å². The van der Waals surface area contributed by atoms with Crippen LogP contribution in [0.25, 0.3) is 0 Å². The minimum absolute atomic E-state index is 0.270. The van der Waals surface area contributed by atoms with Gasteiger partial charge >= 0.3 is 5.97 Å². The van der Waals surface area contributed by atoms with Crippen molar-refractivity contribution >= 4 is 35.9 Å². The molecule has 0 aliphatic carbocycles. The summed E-state index contributed by atoms with van der Waals surface area (Å²) >= 11 is 0. The van der Waals surface area contributed by atoms with Crippen molar-refractivity contribution in [2.24, 2.45) is 0 Å². The summed E-state index contributed by atoms with van der Waals surface area (Å²) in [5, 5.41) is 20.7. The molecule has 4 aromatic carbocycles. The molecular weight excluding hydrogens is 546 g/mol. The van der Waals surface area contributed by atoms with E-state index in [2.05, 4.69) is 17.0 Å². The van der Waals surface area contributed by atoms with E-state index in [1.807, 2.05) is 54.6 Å². The number of carboxylic acids is 1. The van der Waals surface area contributed by atoms with Crippen molar-refractivity contribution in [3.05, 3.63) is 126 Å². The van der Waals surface area contributed by atoms with Crippen LogP contribution in [-0.2, 0) is 14.3 Å². The molecule has 0 aliphatic rings. The number of phenolic OH excluding ortho intramolecular Hbond substituents is 1. The van der Waals surface area contributed by atoms with Crippen LogP contribution in [0.1, 0.15) is 60.7 Å². The lowest BCUT2D eigenvalue weighted by molar-refractivity contribution is -0.128. The number of rotatable bonds is 9. The number of ether oxygens (including phenoxy) is 1. The molecule has 0 heterocycles. The summed E-state index contributed by atoms with van der Waals surface area (Å²) in [4.78, 5) is 40.4. The van der Waals surface area contributed by atoms with Gasteiger partial charge in [0.15, 0.2) is 0 Å². The summed E-state index contributed by atoms with van der Waals surface area (Å²) in [5.74, 6) is -0.302. The maximum atomic E-state index is 11.0. The quantitative estimate of drug-likeness (QED) is 0.168. The third-order valence-electron chi connectivity index (χ3n) is 5.02. The standard InChI is InChI=1S/C13H11NO2.C7H6O.C6H6O.C6H12O.C3H6O2/c15-13(16)11-8-4-5-9-12(11)14-10-6-2-1-3-7-10;8-6-7-4-2-1-3-5-7;7-6-4-2-1-3-5-6;1-3-4-5-6(2)7;1-2-5-3-4/h1-9,14H,(H,15,16);1-6H;1-5,7H;3-5H2,1-2H3;3H,2H2,1H3. The average molecular weight is 588 g/mol. The third-order valence-corrected chi connectivity index (χ3v) is 5.02. The Hall–Kier alpha value is -5.24. The second-order valence-corrected chi connectivity index (χ2v) is 8.56. The van der Waals surface area contributed by atoms with Gasteiger partial charge in [0.25, 0.3) is 6.47 Å². The lowest BCUT2D eigenvalue weighted by atomic mass is 10.1. The van der Waals surface area contributed by atoms with Gasteiger partial charge < -0.3 is 25.1 Å². The van der Waals surface area contributed by atoms with Crippen LogP contribution >= 0.6 is 0 Å². The Morgan fingerprint density at radius 2 is 1.28 bits per heavy atom. The van der Waals surface area contributed by atoms with E-state index in [1.54, 1.807) is 74.5 Å². The smallest absolute Gasteiger partial charge is 0.337 e. The number of carbonyl (C=O) groups is 4. The van der Waals surface area contributed by atoms with Gasteiger partial charge in [0, 0.05) is 17.7 Å². The SMILES string of the molecule is CCCCC(C)=O.CCOC=O.O=C(O)c1ccccc1Nc1ccccc1.O=Cc1ccccc1.Oc1ccccc1. The third kappa shape index (κ3) is 21.2. The topological polar surface area (TPSA) is 130 Å². The number of anilines is 2. The summed E-state index contributed by atoms with van der Waals surface area (Å²) < 4.78 is 4.15. The number of phenols is 1. The second-order valence-electron chi connectivity index (χ2n) is 8.56. The van der Waals surface area contributed by atoms with Gasteiger partial charge in [0.2, 0.25) is 0 Å². The molecule has 8 heteroatoms. The molecule has 0 bridgehead atoms. The molecule has 43 heavy (non-hydrogen) atoms. The largest absolute Gasteiger partial charge is 0.508 e. The summed E-state index contributed by atoms with van der Waals surface area (Å²) in [5.41, 5.74) is 2.47. The number of carboxylic acid groups (broad SMARTS) is 1. The van der Waals surface area contributed by atoms with E-state index < -0.39 is 5.97 Å². The number of para-hydroxylation sites is 3. The number of hydrogen-bond donors (Lipinski definition) is 3.